The van der Waals surface area contributed by atoms with Crippen LogP contribution >= 0.6 is 0 Å². The first-order valence-electron chi connectivity index (χ1n) is 11.5. The van der Waals surface area contributed by atoms with E-state index in [9.17, 15) is 4.79 Å². The predicted octanol–water partition coefficient (Wildman–Crippen LogP) is 8.67. The molecule has 0 spiro atoms. The van der Waals surface area contributed by atoms with Gasteiger partial charge in [0.05, 0.1) is 0 Å². The summed E-state index contributed by atoms with van der Waals surface area (Å²) in [6, 6.07) is 0. The highest BCUT2D eigenvalue weighted by molar-refractivity contribution is 5.79. The number of carboxylic acid groups (broad SMARTS) is 1. The van der Waals surface area contributed by atoms with Gasteiger partial charge in [-0.25, -0.2) is 4.79 Å². The third-order valence-corrected chi connectivity index (χ3v) is 4.33. The second-order valence-electron chi connectivity index (χ2n) is 7.13. The van der Waals surface area contributed by atoms with Gasteiger partial charge >= 0.3 is 5.97 Å². The quantitative estimate of drug-likeness (QED) is 0.131. The Labute approximate surface area is 185 Å². The molecule has 0 saturated heterocycles. The Balaban J connectivity index is 3.43. The smallest absolute Gasteiger partial charge is 0.327 e. The third-order valence-electron chi connectivity index (χ3n) is 4.33. The maximum atomic E-state index is 10.3. The van der Waals surface area contributed by atoms with Crippen molar-refractivity contribution in [1.29, 1.82) is 0 Å². The topological polar surface area (TPSA) is 37.3 Å². The van der Waals surface area contributed by atoms with Crippen molar-refractivity contribution in [1.82, 2.24) is 0 Å². The third kappa shape index (κ3) is 25.6. The molecule has 0 aliphatic rings. The highest BCUT2D eigenvalue weighted by atomic mass is 16.4. The SMILES string of the molecule is CC=CCCC=CCCC=CCCC=CCCC=CCCC=CCCC=CC(=O)O. The fourth-order valence-corrected chi connectivity index (χ4v) is 2.68. The van der Waals surface area contributed by atoms with E-state index < -0.39 is 5.97 Å². The first-order chi connectivity index (χ1) is 14.8. The van der Waals surface area contributed by atoms with Gasteiger partial charge < -0.3 is 5.11 Å². The van der Waals surface area contributed by atoms with E-state index in [1.54, 1.807) is 6.08 Å². The summed E-state index contributed by atoms with van der Waals surface area (Å²) < 4.78 is 0. The van der Waals surface area contributed by atoms with Gasteiger partial charge in [-0.05, 0) is 84.0 Å². The number of allylic oxidation sites excluding steroid dienone is 13. The summed E-state index contributed by atoms with van der Waals surface area (Å²) in [6.45, 7) is 2.07. The van der Waals surface area contributed by atoms with E-state index in [4.69, 9.17) is 5.11 Å². The molecule has 0 aromatic carbocycles. The summed E-state index contributed by atoms with van der Waals surface area (Å²) in [4.78, 5) is 10.3. The molecule has 2 nitrogen and oxygen atoms in total. The summed E-state index contributed by atoms with van der Waals surface area (Å²) in [5, 5.41) is 8.47. The lowest BCUT2D eigenvalue weighted by Crippen LogP contribution is -1.85. The van der Waals surface area contributed by atoms with Crippen LogP contribution in [0, 0.1) is 0 Å². The number of hydrogen-bond donors (Lipinski definition) is 1. The Kier molecular flexibility index (Phi) is 22.8. The molecule has 30 heavy (non-hydrogen) atoms. The van der Waals surface area contributed by atoms with Gasteiger partial charge in [-0.1, -0.05) is 79.0 Å². The Morgan fingerprint density at radius 3 is 0.933 bits per heavy atom. The largest absolute Gasteiger partial charge is 0.478 e. The Morgan fingerprint density at radius 2 is 0.700 bits per heavy atom. The van der Waals surface area contributed by atoms with Gasteiger partial charge in [-0.3, -0.25) is 0 Å². The lowest BCUT2D eigenvalue weighted by atomic mass is 10.2. The van der Waals surface area contributed by atoms with Gasteiger partial charge in [0, 0.05) is 6.08 Å². The summed E-state index contributed by atoms with van der Waals surface area (Å²) in [6.07, 6.45) is 42.7. The predicted molar refractivity (Wildman–Crippen MR) is 133 cm³/mol. The van der Waals surface area contributed by atoms with Crippen LogP contribution in [0.2, 0.25) is 0 Å². The van der Waals surface area contributed by atoms with Gasteiger partial charge in [0.1, 0.15) is 0 Å². The van der Waals surface area contributed by atoms with Crippen LogP contribution in [-0.4, -0.2) is 11.1 Å². The maximum absolute atomic E-state index is 10.3. The minimum atomic E-state index is -0.874. The van der Waals surface area contributed by atoms with E-state index >= 15 is 0 Å². The van der Waals surface area contributed by atoms with Gasteiger partial charge in [0.2, 0.25) is 0 Å². The number of aliphatic carboxylic acids is 1. The van der Waals surface area contributed by atoms with E-state index in [1.165, 1.54) is 6.08 Å². The minimum Gasteiger partial charge on any atom is -0.478 e. The molecule has 166 valence electrons. The van der Waals surface area contributed by atoms with Crippen molar-refractivity contribution in [2.24, 2.45) is 0 Å². The average Bonchev–Trinajstić information content (AvgIpc) is 2.73. The highest BCUT2D eigenvalue weighted by Crippen LogP contribution is 2.02. The molecular formula is C28H42O2. The van der Waals surface area contributed by atoms with Gasteiger partial charge in [-0.2, -0.15) is 0 Å². The van der Waals surface area contributed by atoms with Crippen molar-refractivity contribution in [3.8, 4) is 0 Å². The molecule has 0 heterocycles. The molecule has 0 bridgehead atoms. The van der Waals surface area contributed by atoms with Crippen molar-refractivity contribution < 1.29 is 9.90 Å². The van der Waals surface area contributed by atoms with Crippen molar-refractivity contribution in [3.63, 3.8) is 0 Å². The molecule has 2 heteroatoms. The minimum absolute atomic E-state index is 0.787. The summed E-state index contributed by atoms with van der Waals surface area (Å²) in [7, 11) is 0. The zero-order valence-corrected chi connectivity index (χ0v) is 18.9. The summed E-state index contributed by atoms with van der Waals surface area (Å²) in [5.41, 5.74) is 0. The van der Waals surface area contributed by atoms with Crippen LogP contribution in [0.3, 0.4) is 0 Å². The van der Waals surface area contributed by atoms with E-state index in [1.807, 2.05) is 0 Å². The van der Waals surface area contributed by atoms with Crippen LogP contribution in [0.25, 0.3) is 0 Å². The molecule has 1 N–H and O–H groups in total. The second-order valence-corrected chi connectivity index (χ2v) is 7.13. The van der Waals surface area contributed by atoms with Crippen LogP contribution in [0.4, 0.5) is 0 Å². The molecule has 0 radical (unpaired) electrons. The van der Waals surface area contributed by atoms with Crippen LogP contribution in [-0.2, 0) is 4.79 Å². The molecule has 0 fully saturated rings. The van der Waals surface area contributed by atoms with Crippen molar-refractivity contribution in [3.05, 3.63) is 85.1 Å². The number of rotatable bonds is 19. The van der Waals surface area contributed by atoms with Crippen LogP contribution < -0.4 is 0 Å². The Morgan fingerprint density at radius 1 is 0.467 bits per heavy atom. The number of carboxylic acids is 1. The molecule has 0 aliphatic carbocycles. The van der Waals surface area contributed by atoms with E-state index in [0.29, 0.717) is 0 Å². The lowest BCUT2D eigenvalue weighted by Gasteiger charge is -1.91. The second kappa shape index (κ2) is 24.7. The van der Waals surface area contributed by atoms with E-state index in [2.05, 4.69) is 79.8 Å². The van der Waals surface area contributed by atoms with E-state index in [0.717, 1.165) is 77.0 Å². The first-order valence-corrected chi connectivity index (χ1v) is 11.5. The van der Waals surface area contributed by atoms with Crippen molar-refractivity contribution >= 4 is 5.97 Å². The Bertz CT molecular complexity index is 586. The van der Waals surface area contributed by atoms with Crippen molar-refractivity contribution in [2.45, 2.75) is 84.0 Å². The number of hydrogen-bond acceptors (Lipinski definition) is 1. The zero-order chi connectivity index (χ0) is 22.0. The van der Waals surface area contributed by atoms with Crippen LogP contribution in [0.15, 0.2) is 85.1 Å². The first kappa shape index (κ1) is 27.6. The molecule has 0 atom stereocenters. The summed E-state index contributed by atoms with van der Waals surface area (Å²) in [5.74, 6) is -0.874. The standard InChI is InChI=1S/C28H42O2/c1-2-3-4-5-6-7-8-9-10-11-12-13-14-15-16-17-18-19-20-21-22-23-24-25-26-27-28(29)30/h2-3,6-7,10-11,14-15,18-19,22-23,26-27H,4-5,8-9,12-13,16-17,20-21,24-25H2,1H3,(H,29,30). The monoisotopic (exact) mass is 410 g/mol. The zero-order valence-electron chi connectivity index (χ0n) is 18.9. The fourth-order valence-electron chi connectivity index (χ4n) is 2.68. The highest BCUT2D eigenvalue weighted by Gasteiger charge is 1.84. The molecule has 0 unspecified atom stereocenters. The van der Waals surface area contributed by atoms with Crippen LogP contribution in [0.1, 0.15) is 84.0 Å². The molecule has 0 aromatic rings. The molecule has 0 saturated carbocycles. The number of carbonyl (C=O) groups is 1. The van der Waals surface area contributed by atoms with Crippen LogP contribution in [0.5, 0.6) is 0 Å². The molecule has 0 rings (SSSR count). The fraction of sp³-hybridized carbons (Fsp3) is 0.464. The molecule has 0 aromatic heterocycles. The average molecular weight is 411 g/mol. The lowest BCUT2D eigenvalue weighted by molar-refractivity contribution is -0.131. The molecule has 0 aliphatic heterocycles. The van der Waals surface area contributed by atoms with Crippen molar-refractivity contribution in [2.75, 3.05) is 0 Å². The molecule has 0 amide bonds. The van der Waals surface area contributed by atoms with E-state index in [-0.39, 0.29) is 0 Å². The van der Waals surface area contributed by atoms with Gasteiger partial charge in [0.25, 0.3) is 0 Å². The molecular weight excluding hydrogens is 368 g/mol. The maximum Gasteiger partial charge on any atom is 0.327 e. The van der Waals surface area contributed by atoms with Gasteiger partial charge in [-0.15, -0.1) is 0 Å². The van der Waals surface area contributed by atoms with Gasteiger partial charge in [0.15, 0.2) is 0 Å². The number of unbranched alkanes of at least 4 members (excludes halogenated alkanes) is 6. The normalized spacial score (nSPS) is 13.1. The Hall–Kier alpha value is -2.35. The summed E-state index contributed by atoms with van der Waals surface area (Å²) >= 11 is 0.